The van der Waals surface area contributed by atoms with E-state index in [9.17, 15) is 9.59 Å². The summed E-state index contributed by atoms with van der Waals surface area (Å²) < 4.78 is 19.1. The Labute approximate surface area is 240 Å². The third-order valence-electron chi connectivity index (χ3n) is 6.46. The van der Waals surface area contributed by atoms with Crippen molar-refractivity contribution in [1.82, 2.24) is 4.57 Å². The fourth-order valence-corrected chi connectivity index (χ4v) is 5.76. The molecule has 0 saturated carbocycles. The molecule has 1 aliphatic heterocycles. The Balaban J connectivity index is 1.61. The Bertz CT molecular complexity index is 1770. The van der Waals surface area contributed by atoms with Gasteiger partial charge in [-0.1, -0.05) is 71.5 Å². The number of ether oxygens (including phenoxy) is 3. The molecule has 0 fully saturated rings. The molecule has 1 aliphatic rings. The van der Waals surface area contributed by atoms with Crippen LogP contribution in [-0.2, 0) is 16.1 Å². The summed E-state index contributed by atoms with van der Waals surface area (Å²) in [6, 6.07) is 21.5. The molecule has 4 aromatic rings. The van der Waals surface area contributed by atoms with Gasteiger partial charge in [0, 0.05) is 16.1 Å². The first-order valence-electron chi connectivity index (χ1n) is 12.7. The van der Waals surface area contributed by atoms with Crippen LogP contribution in [0, 0.1) is 0 Å². The number of esters is 1. The van der Waals surface area contributed by atoms with Crippen molar-refractivity contribution >= 4 is 35.0 Å². The Morgan fingerprint density at radius 1 is 1.05 bits per heavy atom. The zero-order chi connectivity index (χ0) is 28.2. The highest BCUT2D eigenvalue weighted by molar-refractivity contribution is 7.07. The predicted molar refractivity (Wildman–Crippen MR) is 156 cm³/mol. The van der Waals surface area contributed by atoms with E-state index in [1.165, 1.54) is 11.3 Å². The first-order chi connectivity index (χ1) is 19.4. The summed E-state index contributed by atoms with van der Waals surface area (Å²) >= 11 is 7.26. The van der Waals surface area contributed by atoms with E-state index in [-0.39, 0.29) is 12.2 Å². The minimum atomic E-state index is -0.759. The molecule has 5 rings (SSSR count). The standard InChI is InChI=1S/C31H27ClN2O5S/c1-4-38-30(36)27-19(2)33-31-34(28(27)23-10-6-8-12-25(23)37-3)29(35)26(40-31)17-21-9-5-7-11-24(21)39-18-20-13-15-22(32)16-14-20/h5-17,28H,4,18H2,1-3H3/t28-/m0/s1. The zero-order valence-electron chi connectivity index (χ0n) is 22.2. The van der Waals surface area contributed by atoms with Crippen molar-refractivity contribution in [3.05, 3.63) is 125 Å². The number of hydrogen-bond acceptors (Lipinski definition) is 7. The lowest BCUT2D eigenvalue weighted by Gasteiger charge is -2.25. The second-order valence-corrected chi connectivity index (χ2v) is 10.4. The maximum atomic E-state index is 14.0. The van der Waals surface area contributed by atoms with Crippen molar-refractivity contribution in [2.45, 2.75) is 26.5 Å². The highest BCUT2D eigenvalue weighted by Gasteiger charge is 2.34. The summed E-state index contributed by atoms with van der Waals surface area (Å²) in [6.07, 6.45) is 1.80. The lowest BCUT2D eigenvalue weighted by molar-refractivity contribution is -0.139. The van der Waals surface area contributed by atoms with E-state index >= 15 is 0 Å². The molecule has 0 spiro atoms. The first kappa shape index (κ1) is 27.4. The summed E-state index contributed by atoms with van der Waals surface area (Å²) in [6.45, 7) is 4.05. The van der Waals surface area contributed by atoms with Gasteiger partial charge in [0.25, 0.3) is 5.56 Å². The molecular formula is C31H27ClN2O5S. The number of thiazole rings is 1. The molecule has 0 bridgehead atoms. The lowest BCUT2D eigenvalue weighted by Crippen LogP contribution is -2.40. The molecule has 1 aromatic heterocycles. The molecule has 0 aliphatic carbocycles. The number of carbonyl (C=O) groups excluding carboxylic acids is 1. The van der Waals surface area contributed by atoms with E-state index in [0.717, 1.165) is 11.1 Å². The van der Waals surface area contributed by atoms with Crippen LogP contribution in [0.4, 0.5) is 0 Å². The van der Waals surface area contributed by atoms with Crippen LogP contribution in [0.2, 0.25) is 5.02 Å². The van der Waals surface area contributed by atoms with Gasteiger partial charge in [0.15, 0.2) is 4.80 Å². The number of nitrogens with zero attached hydrogens (tertiary/aromatic N) is 2. The third kappa shape index (κ3) is 5.46. The summed E-state index contributed by atoms with van der Waals surface area (Å²) in [5.41, 5.74) is 2.91. The Hall–Kier alpha value is -4.14. The summed E-state index contributed by atoms with van der Waals surface area (Å²) in [4.78, 5) is 32.2. The molecular weight excluding hydrogens is 548 g/mol. The molecule has 0 saturated heterocycles. The second-order valence-electron chi connectivity index (χ2n) is 9.00. The van der Waals surface area contributed by atoms with Crippen LogP contribution in [0.3, 0.4) is 0 Å². The van der Waals surface area contributed by atoms with Crippen LogP contribution < -0.4 is 24.4 Å². The van der Waals surface area contributed by atoms with E-state index in [4.69, 9.17) is 25.8 Å². The minimum absolute atomic E-state index is 0.200. The number of rotatable bonds is 8. The summed E-state index contributed by atoms with van der Waals surface area (Å²) in [5.74, 6) is 0.669. The van der Waals surface area contributed by atoms with Crippen LogP contribution in [0.5, 0.6) is 11.5 Å². The van der Waals surface area contributed by atoms with Crippen molar-refractivity contribution in [3.63, 3.8) is 0 Å². The quantitative estimate of drug-likeness (QED) is 0.276. The number of carbonyl (C=O) groups is 1. The molecule has 40 heavy (non-hydrogen) atoms. The van der Waals surface area contributed by atoms with E-state index in [1.54, 1.807) is 37.7 Å². The van der Waals surface area contributed by atoms with Crippen molar-refractivity contribution < 1.29 is 19.0 Å². The average Bonchev–Trinajstić information content (AvgIpc) is 3.26. The van der Waals surface area contributed by atoms with E-state index < -0.39 is 12.0 Å². The Morgan fingerprint density at radius 3 is 2.48 bits per heavy atom. The minimum Gasteiger partial charge on any atom is -0.496 e. The Kier molecular flexibility index (Phi) is 8.19. The van der Waals surface area contributed by atoms with Crippen molar-refractivity contribution in [2.75, 3.05) is 13.7 Å². The summed E-state index contributed by atoms with van der Waals surface area (Å²) in [5, 5.41) is 0.660. The maximum Gasteiger partial charge on any atom is 0.338 e. The smallest absolute Gasteiger partial charge is 0.338 e. The van der Waals surface area contributed by atoms with Gasteiger partial charge in [-0.25, -0.2) is 9.79 Å². The average molecular weight is 575 g/mol. The van der Waals surface area contributed by atoms with Gasteiger partial charge < -0.3 is 14.2 Å². The van der Waals surface area contributed by atoms with Crippen molar-refractivity contribution in [1.29, 1.82) is 0 Å². The van der Waals surface area contributed by atoms with Crippen LogP contribution >= 0.6 is 22.9 Å². The van der Waals surface area contributed by atoms with Crippen LogP contribution in [0.25, 0.3) is 6.08 Å². The van der Waals surface area contributed by atoms with Gasteiger partial charge in [-0.05, 0) is 49.8 Å². The number of allylic oxidation sites excluding steroid dienone is 1. The molecule has 2 heterocycles. The fraction of sp³-hybridized carbons (Fsp3) is 0.194. The second kappa shape index (κ2) is 11.9. The van der Waals surface area contributed by atoms with Gasteiger partial charge >= 0.3 is 5.97 Å². The van der Waals surface area contributed by atoms with E-state index in [1.807, 2.05) is 66.7 Å². The van der Waals surface area contributed by atoms with Crippen LogP contribution in [0.15, 0.2) is 93.9 Å². The monoisotopic (exact) mass is 574 g/mol. The van der Waals surface area contributed by atoms with Gasteiger partial charge in [0.05, 0.1) is 29.5 Å². The number of aromatic nitrogens is 1. The molecule has 9 heteroatoms. The van der Waals surface area contributed by atoms with E-state index in [0.29, 0.717) is 49.3 Å². The lowest BCUT2D eigenvalue weighted by atomic mass is 9.95. The molecule has 204 valence electrons. The molecule has 0 N–H and O–H groups in total. The maximum absolute atomic E-state index is 14.0. The number of para-hydroxylation sites is 2. The van der Waals surface area contributed by atoms with Crippen LogP contribution in [0.1, 0.15) is 36.6 Å². The predicted octanol–water partition coefficient (Wildman–Crippen LogP) is 5.04. The summed E-state index contributed by atoms with van der Waals surface area (Å²) in [7, 11) is 1.56. The Morgan fingerprint density at radius 2 is 1.75 bits per heavy atom. The highest BCUT2D eigenvalue weighted by atomic mass is 35.5. The number of benzene rings is 3. The van der Waals surface area contributed by atoms with Crippen LogP contribution in [-0.4, -0.2) is 24.3 Å². The topological polar surface area (TPSA) is 79.1 Å². The molecule has 3 aromatic carbocycles. The van der Waals surface area contributed by atoms with Gasteiger partial charge in [0.2, 0.25) is 0 Å². The molecule has 0 radical (unpaired) electrons. The number of fused-ring (bicyclic) bond motifs is 1. The number of halogens is 1. The normalized spacial score (nSPS) is 14.9. The molecule has 0 unspecified atom stereocenters. The van der Waals surface area contributed by atoms with Gasteiger partial charge in [-0.2, -0.15) is 0 Å². The largest absolute Gasteiger partial charge is 0.496 e. The fourth-order valence-electron chi connectivity index (χ4n) is 4.59. The van der Waals surface area contributed by atoms with Gasteiger partial charge in [0.1, 0.15) is 24.1 Å². The van der Waals surface area contributed by atoms with E-state index in [2.05, 4.69) is 4.99 Å². The molecule has 7 nitrogen and oxygen atoms in total. The molecule has 0 amide bonds. The third-order valence-corrected chi connectivity index (χ3v) is 7.70. The highest BCUT2D eigenvalue weighted by Crippen LogP contribution is 2.35. The van der Waals surface area contributed by atoms with Crippen molar-refractivity contribution in [2.24, 2.45) is 4.99 Å². The first-order valence-corrected chi connectivity index (χ1v) is 13.9. The zero-order valence-corrected chi connectivity index (χ0v) is 23.8. The van der Waals surface area contributed by atoms with Gasteiger partial charge in [-0.3, -0.25) is 9.36 Å². The van der Waals surface area contributed by atoms with Crippen molar-refractivity contribution in [3.8, 4) is 11.5 Å². The SMILES string of the molecule is CCOC(=O)C1=C(C)N=c2sc(=Cc3ccccc3OCc3ccc(Cl)cc3)c(=O)n2[C@H]1c1ccccc1OC. The number of methoxy groups -OCH3 is 1. The molecule has 1 atom stereocenters. The van der Waals surface area contributed by atoms with Gasteiger partial charge in [-0.15, -0.1) is 0 Å². The number of hydrogen-bond donors (Lipinski definition) is 0.